The first-order valence-electron chi connectivity index (χ1n) is 3.83. The van der Waals surface area contributed by atoms with E-state index >= 15 is 0 Å². The summed E-state index contributed by atoms with van der Waals surface area (Å²) in [6.45, 7) is 4.18. The largest absolute Gasteiger partial charge is 0.346 e. The first-order chi connectivity index (χ1) is 4.83. The van der Waals surface area contributed by atoms with Gasteiger partial charge in [-0.2, -0.15) is 0 Å². The van der Waals surface area contributed by atoms with Gasteiger partial charge >= 0.3 is 0 Å². The van der Waals surface area contributed by atoms with Crippen molar-refractivity contribution in [3.63, 3.8) is 0 Å². The van der Waals surface area contributed by atoms with E-state index in [-0.39, 0.29) is 67.0 Å². The van der Waals surface area contributed by atoms with Gasteiger partial charge in [0.15, 0.2) is 0 Å². The van der Waals surface area contributed by atoms with Crippen LogP contribution in [0.15, 0.2) is 6.20 Å². The van der Waals surface area contributed by atoms with E-state index in [9.17, 15) is 0 Å². The van der Waals surface area contributed by atoms with E-state index in [0.29, 0.717) is 0 Å². The predicted molar refractivity (Wildman–Crippen MR) is 76.7 cm³/mol. The molecule has 0 unspecified atom stereocenters. The molecule has 0 aliphatic rings. The summed E-state index contributed by atoms with van der Waals surface area (Å²) in [5.41, 5.74) is 1.26. The minimum atomic E-state index is 0. The van der Waals surface area contributed by atoms with Crippen LogP contribution in [0.2, 0.25) is 0 Å². The van der Waals surface area contributed by atoms with Gasteiger partial charge in [-0.15, -0.1) is 49.6 Å². The van der Waals surface area contributed by atoms with Crippen molar-refractivity contribution in [2.75, 3.05) is 0 Å². The third-order valence-electron chi connectivity index (χ3n) is 1.56. The molecule has 0 saturated heterocycles. The molecular weight excluding hydrogens is 293 g/mol. The Morgan fingerprint density at radius 1 is 1.20 bits per heavy atom. The van der Waals surface area contributed by atoms with Crippen LogP contribution in [0.3, 0.4) is 0 Å². The topological polar surface area (TPSA) is 28.7 Å². The summed E-state index contributed by atoms with van der Waals surface area (Å²) < 4.78 is 0. The summed E-state index contributed by atoms with van der Waals surface area (Å²) in [6.07, 6.45) is 5.56. The highest BCUT2D eigenvalue weighted by Crippen LogP contribution is 2.01. The molecule has 1 heterocycles. The maximum Gasteiger partial charge on any atom is 0.103 e. The fourth-order valence-electron chi connectivity index (χ4n) is 0.966. The Kier molecular flexibility index (Phi) is 34.3. The van der Waals surface area contributed by atoms with Gasteiger partial charge in [0.25, 0.3) is 0 Å². The first-order valence-corrected chi connectivity index (χ1v) is 3.83. The molecule has 0 aliphatic heterocycles. The second-order valence-corrected chi connectivity index (χ2v) is 2.60. The highest BCUT2D eigenvalue weighted by Gasteiger charge is 1.93. The summed E-state index contributed by atoms with van der Waals surface area (Å²) in [5, 5.41) is 0. The number of hydrogen-bond acceptors (Lipinski definition) is 1. The van der Waals surface area contributed by atoms with Gasteiger partial charge in [-0.1, -0.05) is 13.3 Å². The van der Waals surface area contributed by atoms with Gasteiger partial charge < -0.3 is 4.98 Å². The predicted octanol–water partition coefficient (Wildman–Crippen LogP) is 3.37. The molecule has 2 nitrogen and oxygen atoms in total. The lowest BCUT2D eigenvalue weighted by molar-refractivity contribution is 0.779. The molecular formula is C8H18AlCl4N2. The monoisotopic (exact) mass is 309 g/mol. The Bertz CT molecular complexity index is 208. The number of H-pyrrole nitrogens is 1. The zero-order valence-electron chi connectivity index (χ0n) is 8.86. The van der Waals surface area contributed by atoms with Crippen LogP contribution < -0.4 is 0 Å². The van der Waals surface area contributed by atoms with E-state index in [0.717, 1.165) is 12.2 Å². The van der Waals surface area contributed by atoms with Crippen LogP contribution in [0.25, 0.3) is 0 Å². The van der Waals surface area contributed by atoms with Gasteiger partial charge in [-0.25, -0.2) is 4.98 Å². The van der Waals surface area contributed by atoms with Gasteiger partial charge in [0.05, 0.1) is 0 Å². The summed E-state index contributed by atoms with van der Waals surface area (Å²) in [5.74, 6) is 1.02. The van der Waals surface area contributed by atoms with Crippen molar-refractivity contribution in [1.82, 2.24) is 9.97 Å². The van der Waals surface area contributed by atoms with Crippen LogP contribution in [-0.4, -0.2) is 27.3 Å². The quantitative estimate of drug-likeness (QED) is 0.852. The van der Waals surface area contributed by atoms with Crippen LogP contribution in [-0.2, 0) is 6.42 Å². The highest BCUT2D eigenvalue weighted by atomic mass is 35.5. The van der Waals surface area contributed by atoms with Crippen LogP contribution >= 0.6 is 49.6 Å². The van der Waals surface area contributed by atoms with Crippen molar-refractivity contribution < 1.29 is 0 Å². The fraction of sp³-hybridized carbons (Fsp3) is 0.625. The van der Waals surface area contributed by atoms with Gasteiger partial charge in [0.1, 0.15) is 5.82 Å². The molecule has 1 aromatic heterocycles. The lowest BCUT2D eigenvalue weighted by atomic mass is 10.2. The average molecular weight is 311 g/mol. The van der Waals surface area contributed by atoms with Crippen molar-refractivity contribution in [1.29, 1.82) is 0 Å². The minimum absolute atomic E-state index is 0. The fourth-order valence-corrected chi connectivity index (χ4v) is 0.966. The number of aryl methyl sites for hydroxylation is 2. The normalized spacial score (nSPS) is 6.80. The third kappa shape index (κ3) is 12.8. The molecule has 0 atom stereocenters. The Balaban J connectivity index is -0.0000000667. The number of rotatable bonds is 3. The molecule has 0 bridgehead atoms. The molecule has 1 N–H and O–H groups in total. The smallest absolute Gasteiger partial charge is 0.103 e. The molecule has 0 amide bonds. The van der Waals surface area contributed by atoms with Crippen LogP contribution in [0.4, 0.5) is 0 Å². The molecule has 0 saturated carbocycles. The van der Waals surface area contributed by atoms with Gasteiger partial charge in [-0.3, -0.25) is 0 Å². The number of halogens is 4. The minimum Gasteiger partial charge on any atom is -0.346 e. The van der Waals surface area contributed by atoms with Crippen molar-refractivity contribution in [3.8, 4) is 0 Å². The maximum atomic E-state index is 4.11. The first kappa shape index (κ1) is 29.7. The second kappa shape index (κ2) is 17.3. The number of nitrogens with one attached hydrogen (secondary N) is 1. The van der Waals surface area contributed by atoms with Gasteiger partial charge in [0.2, 0.25) is 0 Å². The highest BCUT2D eigenvalue weighted by molar-refractivity contribution is 5.86. The number of hydrogen-bond donors (Lipinski definition) is 1. The van der Waals surface area contributed by atoms with Crippen LogP contribution in [0.1, 0.15) is 31.3 Å². The summed E-state index contributed by atoms with van der Waals surface area (Å²) in [7, 11) is 0. The summed E-state index contributed by atoms with van der Waals surface area (Å²) in [6, 6.07) is 0. The van der Waals surface area contributed by atoms with Crippen molar-refractivity contribution in [2.24, 2.45) is 0 Å². The summed E-state index contributed by atoms with van der Waals surface area (Å²) >= 11 is 0. The maximum absolute atomic E-state index is 4.11. The van der Waals surface area contributed by atoms with Gasteiger partial charge in [-0.05, 0) is 19.8 Å². The van der Waals surface area contributed by atoms with E-state index in [1.54, 1.807) is 0 Å². The van der Waals surface area contributed by atoms with E-state index in [2.05, 4.69) is 16.9 Å². The number of aromatic amines is 1. The SMILES string of the molecule is CCCCc1cnc(C)[nH]1.Cl.Cl.Cl.Cl.[Al]. The molecule has 0 aliphatic carbocycles. The molecule has 0 fully saturated rings. The number of aromatic nitrogens is 2. The molecule has 1 rings (SSSR count). The molecule has 0 spiro atoms. The van der Waals surface area contributed by atoms with Crippen LogP contribution in [0, 0.1) is 6.92 Å². The average Bonchev–Trinajstić information content (AvgIpc) is 2.31. The number of nitrogens with zero attached hydrogens (tertiary/aromatic N) is 1. The third-order valence-corrected chi connectivity index (χ3v) is 1.56. The number of imidazole rings is 1. The molecule has 3 radical (unpaired) electrons. The second-order valence-electron chi connectivity index (χ2n) is 2.60. The van der Waals surface area contributed by atoms with E-state index in [4.69, 9.17) is 0 Å². The van der Waals surface area contributed by atoms with E-state index < -0.39 is 0 Å². The van der Waals surface area contributed by atoms with Crippen molar-refractivity contribution >= 4 is 67.0 Å². The molecule has 91 valence electrons. The van der Waals surface area contributed by atoms with Gasteiger partial charge in [0, 0.05) is 29.3 Å². The molecule has 0 aromatic carbocycles. The zero-order valence-corrected chi connectivity index (χ0v) is 13.3. The zero-order chi connectivity index (χ0) is 7.40. The molecule has 1 aromatic rings. The Hall–Kier alpha value is 0.902. The van der Waals surface area contributed by atoms with E-state index in [1.165, 1.54) is 18.5 Å². The Labute approximate surface area is 127 Å². The van der Waals surface area contributed by atoms with Crippen LogP contribution in [0.5, 0.6) is 0 Å². The summed E-state index contributed by atoms with van der Waals surface area (Å²) in [4.78, 5) is 7.31. The van der Waals surface area contributed by atoms with E-state index in [1.807, 2.05) is 13.1 Å². The number of unbranched alkanes of at least 4 members (excludes halogenated alkanes) is 1. The van der Waals surface area contributed by atoms with Crippen molar-refractivity contribution in [2.45, 2.75) is 33.1 Å². The Morgan fingerprint density at radius 3 is 2.07 bits per heavy atom. The standard InChI is InChI=1S/C8H14N2.Al.4ClH/c1-3-4-5-8-6-9-7(2)10-8;;;;;/h6H,3-5H2,1-2H3,(H,9,10);;4*1H. The lowest BCUT2D eigenvalue weighted by Gasteiger charge is -1.91. The molecule has 7 heteroatoms. The lowest BCUT2D eigenvalue weighted by Crippen LogP contribution is -1.83. The Morgan fingerprint density at radius 2 is 1.73 bits per heavy atom. The van der Waals surface area contributed by atoms with Crippen molar-refractivity contribution in [3.05, 3.63) is 17.7 Å². The molecule has 15 heavy (non-hydrogen) atoms.